The summed E-state index contributed by atoms with van der Waals surface area (Å²) in [5.41, 5.74) is 2.74. The first kappa shape index (κ1) is 20.2. The lowest BCUT2D eigenvalue weighted by Gasteiger charge is -2.26. The van der Waals surface area contributed by atoms with E-state index in [2.05, 4.69) is 12.1 Å². The van der Waals surface area contributed by atoms with Crippen LogP contribution in [0.2, 0.25) is 0 Å². The van der Waals surface area contributed by atoms with Crippen molar-refractivity contribution in [1.82, 2.24) is 4.90 Å². The first-order valence-corrected chi connectivity index (χ1v) is 12.0. The normalized spacial score (nSPS) is 21.5. The number of rotatable bonds is 6. The van der Waals surface area contributed by atoms with Gasteiger partial charge in [-0.25, -0.2) is 8.42 Å². The maximum absolute atomic E-state index is 12.4. The lowest BCUT2D eigenvalue weighted by molar-refractivity contribution is -0.157. The van der Waals surface area contributed by atoms with Crippen LogP contribution in [-0.4, -0.2) is 61.6 Å². The molecular formula is C19H25NO5S2. The van der Waals surface area contributed by atoms with Crippen molar-refractivity contribution in [3.63, 3.8) is 0 Å². The highest BCUT2D eigenvalue weighted by Crippen LogP contribution is 2.27. The Morgan fingerprint density at radius 3 is 2.74 bits per heavy atom. The van der Waals surface area contributed by atoms with Gasteiger partial charge < -0.3 is 9.64 Å². The van der Waals surface area contributed by atoms with E-state index >= 15 is 0 Å². The van der Waals surface area contributed by atoms with Crippen molar-refractivity contribution in [2.45, 2.75) is 49.6 Å². The molecule has 1 saturated heterocycles. The summed E-state index contributed by atoms with van der Waals surface area (Å²) in [7, 11) is -1.50. The van der Waals surface area contributed by atoms with Crippen LogP contribution in [0.15, 0.2) is 23.1 Å². The minimum Gasteiger partial charge on any atom is -0.452 e. The lowest BCUT2D eigenvalue weighted by atomic mass is 10.1. The Kier molecular flexibility index (Phi) is 6.15. The van der Waals surface area contributed by atoms with Gasteiger partial charge in [0, 0.05) is 18.0 Å². The van der Waals surface area contributed by atoms with Crippen molar-refractivity contribution in [3.05, 3.63) is 29.3 Å². The molecule has 0 bridgehead atoms. The van der Waals surface area contributed by atoms with Gasteiger partial charge in [0.25, 0.3) is 5.91 Å². The molecule has 0 aromatic heterocycles. The zero-order valence-corrected chi connectivity index (χ0v) is 17.3. The van der Waals surface area contributed by atoms with Gasteiger partial charge in [0.05, 0.1) is 17.3 Å². The predicted octanol–water partition coefficient (Wildman–Crippen LogP) is 1.84. The number of esters is 1. The second-order valence-electron chi connectivity index (χ2n) is 7.21. The first-order valence-electron chi connectivity index (χ1n) is 9.16. The van der Waals surface area contributed by atoms with E-state index in [4.69, 9.17) is 4.74 Å². The fraction of sp³-hybridized carbons (Fsp3) is 0.579. The van der Waals surface area contributed by atoms with Crippen LogP contribution in [0.3, 0.4) is 0 Å². The zero-order valence-electron chi connectivity index (χ0n) is 15.6. The van der Waals surface area contributed by atoms with E-state index in [9.17, 15) is 18.0 Å². The maximum atomic E-state index is 12.4. The minimum absolute atomic E-state index is 0.0237. The Labute approximate surface area is 164 Å². The van der Waals surface area contributed by atoms with Gasteiger partial charge in [-0.05, 0) is 55.9 Å². The fourth-order valence-corrected chi connectivity index (χ4v) is 6.13. The number of fused-ring (bicyclic) bond motifs is 1. The summed E-state index contributed by atoms with van der Waals surface area (Å²) in [6, 6.07) is 5.92. The third kappa shape index (κ3) is 5.04. The number of hydrogen-bond donors (Lipinski definition) is 0. The molecule has 0 unspecified atom stereocenters. The summed E-state index contributed by atoms with van der Waals surface area (Å²) in [6.07, 6.45) is 2.90. The molecule has 1 amide bonds. The molecule has 6 nitrogen and oxygen atoms in total. The van der Waals surface area contributed by atoms with Crippen LogP contribution in [0.25, 0.3) is 0 Å². The van der Waals surface area contributed by atoms with Gasteiger partial charge in [-0.2, -0.15) is 0 Å². The number of ether oxygens (including phenoxy) is 1. The highest BCUT2D eigenvalue weighted by molar-refractivity contribution is 8.00. The molecule has 3 rings (SSSR count). The molecule has 0 N–H and O–H groups in total. The van der Waals surface area contributed by atoms with Gasteiger partial charge in [0.15, 0.2) is 15.9 Å². The second kappa shape index (κ2) is 8.22. The van der Waals surface area contributed by atoms with E-state index in [1.807, 2.05) is 6.07 Å². The molecule has 2 atom stereocenters. The smallest absolute Gasteiger partial charge is 0.317 e. The van der Waals surface area contributed by atoms with Crippen molar-refractivity contribution in [2.75, 3.05) is 24.3 Å². The first-order chi connectivity index (χ1) is 12.7. The Morgan fingerprint density at radius 2 is 2.04 bits per heavy atom. The summed E-state index contributed by atoms with van der Waals surface area (Å²) in [5.74, 6) is -0.607. The van der Waals surface area contributed by atoms with Crippen molar-refractivity contribution in [1.29, 1.82) is 0 Å². The summed E-state index contributed by atoms with van der Waals surface area (Å²) < 4.78 is 28.4. The van der Waals surface area contributed by atoms with Crippen molar-refractivity contribution in [2.24, 2.45) is 0 Å². The van der Waals surface area contributed by atoms with Crippen LogP contribution >= 0.6 is 11.8 Å². The highest BCUT2D eigenvalue weighted by atomic mass is 32.2. The molecule has 1 fully saturated rings. The molecule has 2 aliphatic rings. The third-order valence-corrected chi connectivity index (χ3v) is 7.90. The fourth-order valence-electron chi connectivity index (χ4n) is 3.61. The van der Waals surface area contributed by atoms with E-state index in [-0.39, 0.29) is 29.2 Å². The van der Waals surface area contributed by atoms with Crippen LogP contribution in [0.5, 0.6) is 0 Å². The number of amides is 1. The second-order valence-corrected chi connectivity index (χ2v) is 10.5. The maximum Gasteiger partial charge on any atom is 0.317 e. The molecule has 1 aliphatic carbocycles. The number of aryl methyl sites for hydroxylation is 2. The van der Waals surface area contributed by atoms with Gasteiger partial charge in [0.1, 0.15) is 0 Å². The monoisotopic (exact) mass is 411 g/mol. The molecular weight excluding hydrogens is 386 g/mol. The molecule has 0 radical (unpaired) electrons. The van der Waals surface area contributed by atoms with Crippen molar-refractivity contribution < 1.29 is 22.7 Å². The summed E-state index contributed by atoms with van der Waals surface area (Å²) in [5, 5.41) is 0. The molecule has 148 valence electrons. The molecule has 0 spiro atoms. The Morgan fingerprint density at radius 1 is 1.30 bits per heavy atom. The van der Waals surface area contributed by atoms with Crippen LogP contribution in [0, 0.1) is 0 Å². The molecule has 1 aliphatic heterocycles. The number of thioether (sulfide) groups is 1. The van der Waals surface area contributed by atoms with E-state index < -0.39 is 21.9 Å². The van der Waals surface area contributed by atoms with Gasteiger partial charge in [0.2, 0.25) is 0 Å². The van der Waals surface area contributed by atoms with E-state index in [1.54, 1.807) is 7.05 Å². The van der Waals surface area contributed by atoms with Gasteiger partial charge in [-0.3, -0.25) is 9.59 Å². The largest absolute Gasteiger partial charge is 0.452 e. The Bertz CT molecular complexity index is 837. The summed E-state index contributed by atoms with van der Waals surface area (Å²) >= 11 is 1.40. The van der Waals surface area contributed by atoms with Crippen molar-refractivity contribution >= 4 is 33.5 Å². The standard InChI is InChI=1S/C19H25NO5S2/c1-13(19(22)20(2)16-8-9-27(23,24)12-16)25-18(21)11-26-17-7-6-14-4-3-5-15(14)10-17/h6-7,10,13,16H,3-5,8-9,11-12H2,1-2H3/t13-,16+/m0/s1. The van der Waals surface area contributed by atoms with Crippen LogP contribution in [0.4, 0.5) is 0 Å². The number of carbonyl (C=O) groups is 2. The molecule has 1 aromatic rings. The number of sulfone groups is 1. The predicted molar refractivity (Wildman–Crippen MR) is 105 cm³/mol. The SMILES string of the molecule is C[C@H](OC(=O)CSc1ccc2c(c1)CCC2)C(=O)N(C)[C@@H]1CCS(=O)(=O)C1. The van der Waals surface area contributed by atoms with Crippen molar-refractivity contribution in [3.8, 4) is 0 Å². The quantitative estimate of drug-likeness (QED) is 0.525. The number of nitrogens with zero attached hydrogens (tertiary/aromatic N) is 1. The van der Waals surface area contributed by atoms with E-state index in [1.165, 1.54) is 41.1 Å². The Hall–Kier alpha value is -1.54. The van der Waals surface area contributed by atoms with Crippen LogP contribution in [0.1, 0.15) is 30.9 Å². The average Bonchev–Trinajstić information content (AvgIpc) is 3.23. The van der Waals surface area contributed by atoms with Gasteiger partial charge in [-0.1, -0.05) is 6.07 Å². The molecule has 1 heterocycles. The minimum atomic E-state index is -3.07. The summed E-state index contributed by atoms with van der Waals surface area (Å²) in [6.45, 7) is 1.53. The molecule has 27 heavy (non-hydrogen) atoms. The molecule has 1 aromatic carbocycles. The summed E-state index contributed by atoms with van der Waals surface area (Å²) in [4.78, 5) is 27.0. The van der Waals surface area contributed by atoms with E-state index in [0.29, 0.717) is 6.42 Å². The highest BCUT2D eigenvalue weighted by Gasteiger charge is 2.34. The van der Waals surface area contributed by atoms with Gasteiger partial charge in [-0.15, -0.1) is 11.8 Å². The number of likely N-dealkylation sites (N-methyl/N-ethyl adjacent to an activating group) is 1. The Balaban J connectivity index is 1.47. The van der Waals surface area contributed by atoms with Crippen LogP contribution < -0.4 is 0 Å². The van der Waals surface area contributed by atoms with Crippen LogP contribution in [-0.2, 0) is 37.0 Å². The number of carbonyl (C=O) groups excluding carboxylic acids is 2. The topological polar surface area (TPSA) is 80.8 Å². The molecule has 8 heteroatoms. The average molecular weight is 412 g/mol. The lowest BCUT2D eigenvalue weighted by Crippen LogP contribution is -2.44. The zero-order chi connectivity index (χ0) is 19.6. The number of hydrogen-bond acceptors (Lipinski definition) is 6. The number of benzene rings is 1. The molecule has 0 saturated carbocycles. The van der Waals surface area contributed by atoms with E-state index in [0.717, 1.165) is 17.7 Å². The third-order valence-electron chi connectivity index (χ3n) is 5.19. The van der Waals surface area contributed by atoms with Gasteiger partial charge >= 0.3 is 5.97 Å².